The average molecular weight is 403 g/mol. The van der Waals surface area contributed by atoms with E-state index in [9.17, 15) is 8.42 Å². The van der Waals surface area contributed by atoms with Gasteiger partial charge in [-0.05, 0) is 35.6 Å². The van der Waals surface area contributed by atoms with Crippen molar-refractivity contribution in [2.75, 3.05) is 11.9 Å². The molecule has 4 rings (SSSR count). The first-order chi connectivity index (χ1) is 12.9. The predicted molar refractivity (Wildman–Crippen MR) is 103 cm³/mol. The quantitative estimate of drug-likeness (QED) is 0.503. The molecule has 0 bridgehead atoms. The molecule has 1 aromatic carbocycles. The normalized spacial score (nSPS) is 11.9. The van der Waals surface area contributed by atoms with Gasteiger partial charge in [0, 0.05) is 25.4 Å². The smallest absolute Gasteiger partial charge is 0.246 e. The number of imidazole rings is 1. The summed E-state index contributed by atoms with van der Waals surface area (Å²) in [6, 6.07) is 6.55. The number of hydrogen-bond donors (Lipinski definition) is 2. The van der Waals surface area contributed by atoms with E-state index in [2.05, 4.69) is 20.4 Å². The number of aromatic nitrogens is 5. The first-order valence-corrected chi connectivity index (χ1v) is 10.4. The molecule has 140 valence electrons. The van der Waals surface area contributed by atoms with E-state index < -0.39 is 10.0 Å². The zero-order chi connectivity index (χ0) is 19.0. The van der Waals surface area contributed by atoms with Crippen molar-refractivity contribution in [1.29, 1.82) is 0 Å². The molecule has 0 aliphatic rings. The lowest BCUT2D eigenvalue weighted by Gasteiger charge is -2.04. The minimum atomic E-state index is -3.65. The molecule has 0 saturated heterocycles. The molecule has 0 saturated carbocycles. The number of anilines is 1. The molecule has 0 fully saturated rings. The summed E-state index contributed by atoms with van der Waals surface area (Å²) >= 11 is 1.47. The minimum Gasteiger partial charge on any atom is -0.360 e. The Morgan fingerprint density at radius 2 is 1.96 bits per heavy atom. The van der Waals surface area contributed by atoms with Gasteiger partial charge in [-0.1, -0.05) is 12.1 Å². The number of benzene rings is 1. The maximum Gasteiger partial charge on any atom is 0.246 e. The van der Waals surface area contributed by atoms with Gasteiger partial charge in [0.25, 0.3) is 0 Å². The predicted octanol–water partition coefficient (Wildman–Crippen LogP) is 1.49. The summed E-state index contributed by atoms with van der Waals surface area (Å²) in [6.45, 7) is 0.668. The van der Waals surface area contributed by atoms with Crippen molar-refractivity contribution in [3.8, 4) is 11.3 Å². The molecule has 0 radical (unpaired) electrons. The molecule has 0 amide bonds. The fourth-order valence-electron chi connectivity index (χ4n) is 2.62. The van der Waals surface area contributed by atoms with Crippen LogP contribution in [-0.2, 0) is 23.5 Å². The third-order valence-corrected chi connectivity index (χ3v) is 5.79. The number of rotatable bonds is 6. The molecule has 4 aromatic rings. The Kier molecular flexibility index (Phi) is 4.42. The van der Waals surface area contributed by atoms with Crippen LogP contribution in [0.3, 0.4) is 0 Å². The molecule has 0 aliphatic heterocycles. The highest BCUT2D eigenvalue weighted by Crippen LogP contribution is 2.22. The number of nitrogens with zero attached hydrogens (tertiary/aromatic N) is 5. The van der Waals surface area contributed by atoms with Crippen LogP contribution in [0.5, 0.6) is 0 Å². The highest BCUT2D eigenvalue weighted by Gasteiger charge is 2.11. The summed E-state index contributed by atoms with van der Waals surface area (Å²) in [4.78, 5) is 9.11. The molecular weight excluding hydrogens is 386 g/mol. The maximum atomic E-state index is 11.3. The van der Waals surface area contributed by atoms with Crippen molar-refractivity contribution in [3.63, 3.8) is 0 Å². The molecule has 27 heavy (non-hydrogen) atoms. The summed E-state index contributed by atoms with van der Waals surface area (Å²) in [6.07, 6.45) is 6.34. The van der Waals surface area contributed by atoms with E-state index in [4.69, 9.17) is 5.14 Å². The summed E-state index contributed by atoms with van der Waals surface area (Å²) in [7, 11) is -1.79. The Labute approximate surface area is 159 Å². The lowest BCUT2D eigenvalue weighted by Crippen LogP contribution is -2.12. The van der Waals surface area contributed by atoms with Crippen LogP contribution in [0.25, 0.3) is 17.0 Å². The Balaban J connectivity index is 1.38. The minimum absolute atomic E-state index is 0.116. The molecule has 9 nitrogen and oxygen atoms in total. The van der Waals surface area contributed by atoms with Gasteiger partial charge >= 0.3 is 0 Å². The van der Waals surface area contributed by atoms with Gasteiger partial charge in [-0.3, -0.25) is 4.68 Å². The second kappa shape index (κ2) is 6.76. The summed E-state index contributed by atoms with van der Waals surface area (Å²) in [5, 5.41) is 13.3. The SMILES string of the molecule is Cn1cc(-c2cn3sc(NCCc4ccc(S(N)(=O)=O)cc4)nc3n2)cn1. The number of fused-ring (bicyclic) bond motifs is 1. The Hall–Kier alpha value is -2.76. The van der Waals surface area contributed by atoms with E-state index in [1.165, 1.54) is 23.7 Å². The molecular formula is C16H17N7O2S2. The average Bonchev–Trinajstić information content (AvgIpc) is 3.29. The largest absolute Gasteiger partial charge is 0.360 e. The highest BCUT2D eigenvalue weighted by atomic mass is 32.2. The lowest BCUT2D eigenvalue weighted by molar-refractivity contribution is 0.598. The first kappa shape index (κ1) is 17.6. The van der Waals surface area contributed by atoms with Gasteiger partial charge in [0.05, 0.1) is 23.0 Å². The number of aryl methyl sites for hydroxylation is 1. The molecule has 3 aromatic heterocycles. The molecule has 3 heterocycles. The van der Waals surface area contributed by atoms with Crippen molar-refractivity contribution >= 4 is 32.5 Å². The number of nitrogens with two attached hydrogens (primary N) is 1. The van der Waals surface area contributed by atoms with Gasteiger partial charge < -0.3 is 5.32 Å². The van der Waals surface area contributed by atoms with Crippen LogP contribution in [-0.4, -0.2) is 38.5 Å². The monoisotopic (exact) mass is 403 g/mol. The van der Waals surface area contributed by atoms with E-state index in [1.54, 1.807) is 23.0 Å². The van der Waals surface area contributed by atoms with Crippen molar-refractivity contribution < 1.29 is 8.42 Å². The first-order valence-electron chi connectivity index (χ1n) is 8.09. The second-order valence-corrected chi connectivity index (χ2v) is 8.55. The van der Waals surface area contributed by atoms with E-state index in [0.29, 0.717) is 12.3 Å². The zero-order valence-corrected chi connectivity index (χ0v) is 16.0. The summed E-state index contributed by atoms with van der Waals surface area (Å²) in [5.41, 5.74) is 2.80. The molecule has 0 spiro atoms. The Morgan fingerprint density at radius 1 is 1.19 bits per heavy atom. The Morgan fingerprint density at radius 3 is 2.59 bits per heavy atom. The number of hydrogen-bond acceptors (Lipinski definition) is 7. The fraction of sp³-hybridized carbons (Fsp3) is 0.188. The molecule has 3 N–H and O–H groups in total. The molecule has 11 heteroatoms. The van der Waals surface area contributed by atoms with E-state index in [-0.39, 0.29) is 4.90 Å². The third kappa shape index (κ3) is 3.84. The van der Waals surface area contributed by atoms with Gasteiger partial charge in [-0.2, -0.15) is 10.1 Å². The van der Waals surface area contributed by atoms with Crippen LogP contribution in [0.4, 0.5) is 5.13 Å². The van der Waals surface area contributed by atoms with Crippen LogP contribution in [0, 0.1) is 0 Å². The van der Waals surface area contributed by atoms with Crippen LogP contribution in [0.2, 0.25) is 0 Å². The van der Waals surface area contributed by atoms with E-state index in [1.807, 2.05) is 23.2 Å². The van der Waals surface area contributed by atoms with Crippen molar-refractivity contribution in [1.82, 2.24) is 23.5 Å². The van der Waals surface area contributed by atoms with Crippen LogP contribution < -0.4 is 10.5 Å². The number of primary sulfonamides is 1. The molecule has 0 atom stereocenters. The lowest BCUT2D eigenvalue weighted by atomic mass is 10.1. The number of nitrogens with one attached hydrogen (secondary N) is 1. The standard InChI is InChI=1S/C16H17N7O2S2/c1-22-9-12(8-19-22)14-10-23-15(20-14)21-16(26-23)18-7-6-11-2-4-13(5-3-11)27(17,24)25/h2-5,8-10H,6-7H2,1H3,(H2,17,24,25)(H,18,20,21). The van der Waals surface area contributed by atoms with E-state index >= 15 is 0 Å². The fourth-order valence-corrected chi connectivity index (χ4v) is 3.93. The van der Waals surface area contributed by atoms with Gasteiger partial charge in [0.1, 0.15) is 0 Å². The van der Waals surface area contributed by atoms with Crippen LogP contribution in [0.1, 0.15) is 5.56 Å². The summed E-state index contributed by atoms with van der Waals surface area (Å²) < 4.78 is 26.2. The van der Waals surface area contributed by atoms with Crippen molar-refractivity contribution in [2.45, 2.75) is 11.3 Å². The summed E-state index contributed by atoms with van der Waals surface area (Å²) in [5.74, 6) is 0.638. The van der Waals surface area contributed by atoms with Crippen molar-refractivity contribution in [3.05, 3.63) is 48.4 Å². The van der Waals surface area contributed by atoms with Crippen LogP contribution in [0.15, 0.2) is 47.8 Å². The maximum absolute atomic E-state index is 11.3. The molecule has 0 unspecified atom stereocenters. The van der Waals surface area contributed by atoms with E-state index in [0.717, 1.165) is 28.4 Å². The van der Waals surface area contributed by atoms with Gasteiger partial charge in [-0.15, -0.1) is 0 Å². The Bertz CT molecular complexity index is 1160. The zero-order valence-electron chi connectivity index (χ0n) is 14.4. The topological polar surface area (TPSA) is 120 Å². The highest BCUT2D eigenvalue weighted by molar-refractivity contribution is 7.89. The van der Waals surface area contributed by atoms with Gasteiger partial charge in [-0.25, -0.2) is 22.3 Å². The third-order valence-electron chi connectivity index (χ3n) is 3.99. The van der Waals surface area contributed by atoms with Crippen molar-refractivity contribution in [2.24, 2.45) is 12.2 Å². The van der Waals surface area contributed by atoms with Crippen LogP contribution >= 0.6 is 11.5 Å². The van der Waals surface area contributed by atoms with Gasteiger partial charge in [0.15, 0.2) is 0 Å². The van der Waals surface area contributed by atoms with Gasteiger partial charge in [0.2, 0.25) is 20.9 Å². The molecule has 0 aliphatic carbocycles. The second-order valence-electron chi connectivity index (χ2n) is 6.03. The number of sulfonamides is 1.